The van der Waals surface area contributed by atoms with E-state index in [1.807, 2.05) is 18.2 Å². The average Bonchev–Trinajstić information content (AvgIpc) is 3.10. The van der Waals surface area contributed by atoms with Crippen molar-refractivity contribution in [3.05, 3.63) is 42.2 Å². The Morgan fingerprint density at radius 2 is 2.24 bits per heavy atom. The molecule has 4 atom stereocenters. The number of ether oxygens (including phenoxy) is 2. The van der Waals surface area contributed by atoms with E-state index in [2.05, 4.69) is 22.0 Å². The van der Waals surface area contributed by atoms with Crippen molar-refractivity contribution in [2.45, 2.75) is 57.0 Å². The van der Waals surface area contributed by atoms with Gasteiger partial charge in [0.05, 0.1) is 31.1 Å². The normalized spacial score (nSPS) is 31.8. The van der Waals surface area contributed by atoms with E-state index in [-0.39, 0.29) is 24.2 Å². The lowest BCUT2D eigenvalue weighted by Gasteiger charge is -2.40. The van der Waals surface area contributed by atoms with Gasteiger partial charge in [-0.1, -0.05) is 18.2 Å². The molecule has 2 fully saturated rings. The molecule has 1 aliphatic heterocycles. The largest absolute Gasteiger partial charge is 0.372 e. The second-order valence-electron chi connectivity index (χ2n) is 7.16. The monoisotopic (exact) mass is 342 g/mol. The zero-order chi connectivity index (χ0) is 17.1. The predicted molar refractivity (Wildman–Crippen MR) is 93.8 cm³/mol. The maximum Gasteiger partial charge on any atom is 0.226 e. The fourth-order valence-electron chi connectivity index (χ4n) is 4.30. The van der Waals surface area contributed by atoms with Gasteiger partial charge in [-0.15, -0.1) is 0 Å². The predicted octanol–water partition coefficient (Wildman–Crippen LogP) is 2.71. The highest BCUT2D eigenvalue weighted by Crippen LogP contribution is 2.34. The molecule has 5 nitrogen and oxygen atoms in total. The second-order valence-corrected chi connectivity index (χ2v) is 7.16. The van der Waals surface area contributed by atoms with Gasteiger partial charge in [0.1, 0.15) is 6.10 Å². The van der Waals surface area contributed by atoms with Crippen LogP contribution in [0.15, 0.2) is 36.5 Å². The summed E-state index contributed by atoms with van der Waals surface area (Å²) >= 11 is 0. The Morgan fingerprint density at radius 3 is 3.04 bits per heavy atom. The molecule has 0 spiro atoms. The van der Waals surface area contributed by atoms with Gasteiger partial charge in [0.25, 0.3) is 0 Å². The van der Waals surface area contributed by atoms with E-state index in [1.165, 1.54) is 0 Å². The fourth-order valence-corrected chi connectivity index (χ4v) is 4.30. The summed E-state index contributed by atoms with van der Waals surface area (Å²) in [6, 6.07) is 6.02. The first-order valence-corrected chi connectivity index (χ1v) is 9.41. The molecule has 134 valence electrons. The van der Waals surface area contributed by atoms with Crippen LogP contribution in [0.25, 0.3) is 0 Å². The van der Waals surface area contributed by atoms with E-state index in [4.69, 9.17) is 9.47 Å². The van der Waals surface area contributed by atoms with Crippen molar-refractivity contribution in [1.82, 2.24) is 9.88 Å². The van der Waals surface area contributed by atoms with E-state index < -0.39 is 0 Å². The Hall–Kier alpha value is -1.72. The molecule has 4 rings (SSSR count). The molecule has 3 aliphatic rings. The number of rotatable bonds is 4. The van der Waals surface area contributed by atoms with Crippen LogP contribution in [0.3, 0.4) is 0 Å². The van der Waals surface area contributed by atoms with E-state index in [1.54, 1.807) is 6.20 Å². The third-order valence-corrected chi connectivity index (χ3v) is 5.61. The lowest BCUT2D eigenvalue weighted by Crippen LogP contribution is -2.55. The van der Waals surface area contributed by atoms with Crippen LogP contribution in [0.5, 0.6) is 0 Å². The van der Waals surface area contributed by atoms with Crippen LogP contribution in [0, 0.1) is 5.92 Å². The standard InChI is InChI=1S/C20H26N2O3/c23-20(15-6-2-1-3-7-15)22-12-13-24-19-17(22)9-10-18(19)25-14-16-8-4-5-11-21-16/h1-2,4-5,8,11,15,17-19H,3,6-7,9-10,12-14H2/t15-,17-,18+,19+/m0/s1. The van der Waals surface area contributed by atoms with Gasteiger partial charge >= 0.3 is 0 Å². The number of carbonyl (C=O) groups excluding carboxylic acids is 1. The molecule has 2 heterocycles. The third-order valence-electron chi connectivity index (χ3n) is 5.61. The number of hydrogen-bond donors (Lipinski definition) is 0. The number of pyridine rings is 1. The van der Waals surface area contributed by atoms with Crippen LogP contribution in [0.4, 0.5) is 0 Å². The Morgan fingerprint density at radius 1 is 1.28 bits per heavy atom. The zero-order valence-corrected chi connectivity index (χ0v) is 14.5. The highest BCUT2D eigenvalue weighted by Gasteiger charge is 2.45. The van der Waals surface area contributed by atoms with E-state index in [0.29, 0.717) is 25.7 Å². The van der Waals surface area contributed by atoms with Gasteiger partial charge in [-0.05, 0) is 44.2 Å². The summed E-state index contributed by atoms with van der Waals surface area (Å²) in [7, 11) is 0. The quantitative estimate of drug-likeness (QED) is 0.790. The lowest BCUT2D eigenvalue weighted by atomic mass is 9.92. The first-order valence-electron chi connectivity index (χ1n) is 9.41. The Balaban J connectivity index is 1.38. The van der Waals surface area contributed by atoms with Crippen molar-refractivity contribution in [2.75, 3.05) is 13.2 Å². The number of nitrogens with zero attached hydrogens (tertiary/aromatic N) is 2. The van der Waals surface area contributed by atoms with Crippen LogP contribution in [-0.2, 0) is 20.9 Å². The third kappa shape index (κ3) is 3.62. The number of fused-ring (bicyclic) bond motifs is 1. The first kappa shape index (κ1) is 16.7. The highest BCUT2D eigenvalue weighted by atomic mass is 16.5. The van der Waals surface area contributed by atoms with Gasteiger partial charge in [0.2, 0.25) is 5.91 Å². The Kier molecular flexibility index (Phi) is 5.13. The van der Waals surface area contributed by atoms with E-state index in [9.17, 15) is 4.79 Å². The lowest BCUT2D eigenvalue weighted by molar-refractivity contribution is -0.156. The van der Waals surface area contributed by atoms with Gasteiger partial charge in [-0.3, -0.25) is 9.78 Å². The molecular formula is C20H26N2O3. The number of allylic oxidation sites excluding steroid dienone is 2. The van der Waals surface area contributed by atoms with Gasteiger partial charge in [-0.25, -0.2) is 0 Å². The maximum absolute atomic E-state index is 13.0. The molecule has 1 saturated carbocycles. The Labute approximate surface area is 149 Å². The molecule has 5 heteroatoms. The van der Waals surface area contributed by atoms with Crippen molar-refractivity contribution in [2.24, 2.45) is 5.92 Å². The number of morpholine rings is 1. The topological polar surface area (TPSA) is 51.7 Å². The molecule has 0 aromatic carbocycles. The molecule has 2 aliphatic carbocycles. The number of aromatic nitrogens is 1. The summed E-state index contributed by atoms with van der Waals surface area (Å²) in [5, 5.41) is 0. The van der Waals surface area contributed by atoms with Crippen molar-refractivity contribution in [1.29, 1.82) is 0 Å². The fraction of sp³-hybridized carbons (Fsp3) is 0.600. The molecule has 0 N–H and O–H groups in total. The first-order chi connectivity index (χ1) is 12.3. The molecule has 1 aromatic rings. The minimum atomic E-state index is 0.000505. The minimum absolute atomic E-state index is 0.000505. The highest BCUT2D eigenvalue weighted by molar-refractivity contribution is 5.79. The SMILES string of the molecule is O=C([C@H]1CC=CCC1)N1CCO[C@H]2[C@H](OCc3ccccn3)CC[C@@H]21. The molecule has 1 aromatic heterocycles. The van der Waals surface area contributed by atoms with Crippen molar-refractivity contribution >= 4 is 5.91 Å². The van der Waals surface area contributed by atoms with Crippen molar-refractivity contribution < 1.29 is 14.3 Å². The molecule has 25 heavy (non-hydrogen) atoms. The molecular weight excluding hydrogens is 316 g/mol. The number of amides is 1. The van der Waals surface area contributed by atoms with Crippen molar-refractivity contribution in [3.63, 3.8) is 0 Å². The summed E-state index contributed by atoms with van der Waals surface area (Å²) in [6.45, 7) is 1.82. The number of hydrogen-bond acceptors (Lipinski definition) is 4. The van der Waals surface area contributed by atoms with Crippen LogP contribution >= 0.6 is 0 Å². The van der Waals surface area contributed by atoms with Crippen LogP contribution in [0.1, 0.15) is 37.8 Å². The van der Waals surface area contributed by atoms with E-state index >= 15 is 0 Å². The summed E-state index contributed by atoms with van der Waals surface area (Å²) < 4.78 is 12.1. The summed E-state index contributed by atoms with van der Waals surface area (Å²) in [5.41, 5.74) is 0.934. The molecule has 0 bridgehead atoms. The number of carbonyl (C=O) groups is 1. The molecule has 1 saturated heterocycles. The summed E-state index contributed by atoms with van der Waals surface area (Å²) in [5.74, 6) is 0.463. The van der Waals surface area contributed by atoms with Crippen LogP contribution in [0.2, 0.25) is 0 Å². The second kappa shape index (κ2) is 7.67. The van der Waals surface area contributed by atoms with Crippen molar-refractivity contribution in [3.8, 4) is 0 Å². The summed E-state index contributed by atoms with van der Waals surface area (Å²) in [6.07, 6.45) is 10.9. The maximum atomic E-state index is 13.0. The molecule has 0 unspecified atom stereocenters. The summed E-state index contributed by atoms with van der Waals surface area (Å²) in [4.78, 5) is 19.4. The molecule has 0 radical (unpaired) electrons. The average molecular weight is 342 g/mol. The molecule has 1 amide bonds. The van der Waals surface area contributed by atoms with E-state index in [0.717, 1.165) is 37.8 Å². The smallest absolute Gasteiger partial charge is 0.226 e. The van der Waals surface area contributed by atoms with Gasteiger partial charge in [0.15, 0.2) is 0 Å². The van der Waals surface area contributed by atoms with Gasteiger partial charge in [-0.2, -0.15) is 0 Å². The Bertz CT molecular complexity index is 619. The van der Waals surface area contributed by atoms with Crippen LogP contribution in [-0.4, -0.2) is 47.2 Å². The van der Waals surface area contributed by atoms with Gasteiger partial charge < -0.3 is 14.4 Å². The van der Waals surface area contributed by atoms with Crippen LogP contribution < -0.4 is 0 Å². The van der Waals surface area contributed by atoms with Gasteiger partial charge in [0, 0.05) is 18.7 Å². The minimum Gasteiger partial charge on any atom is -0.372 e. The zero-order valence-electron chi connectivity index (χ0n) is 14.5.